The van der Waals surface area contributed by atoms with Crippen LogP contribution in [0.4, 0.5) is 0 Å². The number of likely N-dealkylation sites (tertiary alicyclic amines) is 1. The molecule has 1 amide bonds. The zero-order valence-electron chi connectivity index (χ0n) is 18.1. The molecule has 0 aliphatic carbocycles. The van der Waals surface area contributed by atoms with Gasteiger partial charge in [-0.2, -0.15) is 4.98 Å². The molecule has 0 unspecified atom stereocenters. The SMILES string of the molecule is CCc1ccc(-c2noc(CSc3nnc(CN4CCCCCC4=O)n3CC)n2)cc1. The van der Waals surface area contributed by atoms with E-state index in [0.717, 1.165) is 55.3 Å². The van der Waals surface area contributed by atoms with Crippen LogP contribution in [0, 0.1) is 0 Å². The summed E-state index contributed by atoms with van der Waals surface area (Å²) in [6.45, 7) is 6.24. The third-order valence-electron chi connectivity index (χ3n) is 5.53. The lowest BCUT2D eigenvalue weighted by Crippen LogP contribution is -2.31. The Labute approximate surface area is 186 Å². The lowest BCUT2D eigenvalue weighted by Gasteiger charge is -2.20. The Kier molecular flexibility index (Phi) is 7.01. The fraction of sp³-hybridized carbons (Fsp3) is 0.500. The molecule has 1 fully saturated rings. The van der Waals surface area contributed by atoms with Gasteiger partial charge in [0, 0.05) is 25.1 Å². The van der Waals surface area contributed by atoms with Crippen LogP contribution in [0.2, 0.25) is 0 Å². The van der Waals surface area contributed by atoms with Gasteiger partial charge in [-0.25, -0.2) is 0 Å². The third kappa shape index (κ3) is 5.15. The molecule has 3 aromatic rings. The number of carbonyl (C=O) groups is 1. The van der Waals surface area contributed by atoms with Crippen LogP contribution in [-0.4, -0.2) is 42.3 Å². The Morgan fingerprint density at radius 3 is 2.71 bits per heavy atom. The summed E-state index contributed by atoms with van der Waals surface area (Å²) >= 11 is 1.52. The van der Waals surface area contributed by atoms with Gasteiger partial charge >= 0.3 is 0 Å². The van der Waals surface area contributed by atoms with E-state index in [2.05, 4.69) is 50.9 Å². The Hall–Kier alpha value is -2.68. The van der Waals surface area contributed by atoms with Gasteiger partial charge in [-0.3, -0.25) is 4.79 Å². The summed E-state index contributed by atoms with van der Waals surface area (Å²) in [5.41, 5.74) is 2.22. The highest BCUT2D eigenvalue weighted by atomic mass is 32.2. The molecule has 1 aliphatic rings. The van der Waals surface area contributed by atoms with E-state index in [4.69, 9.17) is 4.52 Å². The Morgan fingerprint density at radius 2 is 1.94 bits per heavy atom. The molecule has 0 atom stereocenters. The van der Waals surface area contributed by atoms with Gasteiger partial charge in [0.1, 0.15) is 0 Å². The zero-order valence-corrected chi connectivity index (χ0v) is 18.9. The number of hydrogen-bond acceptors (Lipinski definition) is 7. The van der Waals surface area contributed by atoms with Crippen molar-refractivity contribution in [2.75, 3.05) is 6.54 Å². The van der Waals surface area contributed by atoms with Crippen LogP contribution in [0.15, 0.2) is 33.9 Å². The van der Waals surface area contributed by atoms with Crippen molar-refractivity contribution in [1.29, 1.82) is 0 Å². The molecule has 0 saturated carbocycles. The topological polar surface area (TPSA) is 89.9 Å². The maximum atomic E-state index is 12.3. The van der Waals surface area contributed by atoms with Gasteiger partial charge < -0.3 is 14.0 Å². The van der Waals surface area contributed by atoms with Gasteiger partial charge in [0.25, 0.3) is 0 Å². The minimum absolute atomic E-state index is 0.211. The Bertz CT molecular complexity index is 1010. The minimum atomic E-state index is 0.211. The van der Waals surface area contributed by atoms with Crippen molar-refractivity contribution in [2.24, 2.45) is 0 Å². The molecule has 4 rings (SSSR count). The highest BCUT2D eigenvalue weighted by Gasteiger charge is 2.21. The summed E-state index contributed by atoms with van der Waals surface area (Å²) in [6.07, 6.45) is 4.77. The summed E-state index contributed by atoms with van der Waals surface area (Å²) < 4.78 is 7.49. The number of benzene rings is 1. The zero-order chi connectivity index (χ0) is 21.6. The molecule has 2 aromatic heterocycles. The number of carbonyl (C=O) groups excluding carboxylic acids is 1. The average Bonchev–Trinajstić information content (AvgIpc) is 3.37. The number of rotatable bonds is 8. The molecule has 164 valence electrons. The predicted octanol–water partition coefficient (Wildman–Crippen LogP) is 4.11. The van der Waals surface area contributed by atoms with E-state index in [-0.39, 0.29) is 5.91 Å². The van der Waals surface area contributed by atoms with Gasteiger partial charge in [0.2, 0.25) is 17.6 Å². The summed E-state index contributed by atoms with van der Waals surface area (Å²) in [4.78, 5) is 18.8. The van der Waals surface area contributed by atoms with Gasteiger partial charge in [-0.1, -0.05) is 54.5 Å². The lowest BCUT2D eigenvalue weighted by atomic mass is 10.1. The summed E-state index contributed by atoms with van der Waals surface area (Å²) in [5.74, 6) is 2.69. The first kappa shape index (κ1) is 21.5. The lowest BCUT2D eigenvalue weighted by molar-refractivity contribution is -0.131. The first-order valence-electron chi connectivity index (χ1n) is 10.9. The molecule has 0 spiro atoms. The summed E-state index contributed by atoms with van der Waals surface area (Å²) in [5, 5.41) is 13.6. The Morgan fingerprint density at radius 1 is 1.10 bits per heavy atom. The monoisotopic (exact) mass is 440 g/mol. The van der Waals surface area contributed by atoms with Crippen molar-refractivity contribution in [1.82, 2.24) is 29.8 Å². The minimum Gasteiger partial charge on any atom is -0.338 e. The van der Waals surface area contributed by atoms with E-state index >= 15 is 0 Å². The van der Waals surface area contributed by atoms with Crippen LogP contribution >= 0.6 is 11.8 Å². The maximum absolute atomic E-state index is 12.3. The van der Waals surface area contributed by atoms with Crippen molar-refractivity contribution >= 4 is 17.7 Å². The Balaban J connectivity index is 1.40. The number of hydrogen-bond donors (Lipinski definition) is 0. The fourth-order valence-corrected chi connectivity index (χ4v) is 4.54. The molecule has 0 N–H and O–H groups in total. The third-order valence-corrected chi connectivity index (χ3v) is 6.48. The number of nitrogens with zero attached hydrogens (tertiary/aromatic N) is 6. The molecule has 3 heterocycles. The number of thioether (sulfide) groups is 1. The van der Waals surface area contributed by atoms with E-state index in [9.17, 15) is 4.79 Å². The van der Waals surface area contributed by atoms with Gasteiger partial charge in [0.05, 0.1) is 12.3 Å². The largest absolute Gasteiger partial charge is 0.338 e. The van der Waals surface area contributed by atoms with Crippen molar-refractivity contribution < 1.29 is 9.32 Å². The van der Waals surface area contributed by atoms with E-state index in [1.807, 2.05) is 17.0 Å². The van der Waals surface area contributed by atoms with Crippen molar-refractivity contribution in [3.63, 3.8) is 0 Å². The van der Waals surface area contributed by atoms with Gasteiger partial charge in [-0.15, -0.1) is 10.2 Å². The van der Waals surface area contributed by atoms with Gasteiger partial charge in [-0.05, 0) is 31.7 Å². The molecule has 31 heavy (non-hydrogen) atoms. The number of aryl methyl sites for hydroxylation is 1. The molecule has 9 heteroatoms. The van der Waals surface area contributed by atoms with Crippen LogP contribution in [-0.2, 0) is 30.1 Å². The highest BCUT2D eigenvalue weighted by molar-refractivity contribution is 7.98. The second kappa shape index (κ2) is 10.1. The van der Waals surface area contributed by atoms with E-state index < -0.39 is 0 Å². The maximum Gasteiger partial charge on any atom is 0.237 e. The molecule has 0 radical (unpaired) electrons. The first-order valence-corrected chi connectivity index (χ1v) is 11.9. The van der Waals surface area contributed by atoms with Crippen LogP contribution in [0.3, 0.4) is 0 Å². The van der Waals surface area contributed by atoms with E-state index in [0.29, 0.717) is 30.4 Å². The standard InChI is InChI=1S/C22H28N6O2S/c1-3-16-9-11-17(12-10-16)21-23-19(30-26-21)15-31-22-25-24-18(28(22)4-2)14-27-13-7-5-6-8-20(27)29/h9-12H,3-8,13-15H2,1-2H3. The summed E-state index contributed by atoms with van der Waals surface area (Å²) in [6, 6.07) is 8.20. The second-order valence-electron chi connectivity index (χ2n) is 7.62. The van der Waals surface area contributed by atoms with Crippen LogP contribution in [0.1, 0.15) is 56.8 Å². The van der Waals surface area contributed by atoms with Crippen molar-refractivity contribution in [3.8, 4) is 11.4 Å². The molecule has 8 nitrogen and oxygen atoms in total. The molecule has 1 aliphatic heterocycles. The fourth-order valence-electron chi connectivity index (χ4n) is 3.68. The average molecular weight is 441 g/mol. The van der Waals surface area contributed by atoms with Crippen LogP contribution < -0.4 is 0 Å². The highest BCUT2D eigenvalue weighted by Crippen LogP contribution is 2.24. The molecule has 1 aromatic carbocycles. The quantitative estimate of drug-likeness (QED) is 0.487. The predicted molar refractivity (Wildman–Crippen MR) is 118 cm³/mol. The van der Waals surface area contributed by atoms with Crippen LogP contribution in [0.25, 0.3) is 11.4 Å². The van der Waals surface area contributed by atoms with Crippen molar-refractivity contribution in [3.05, 3.63) is 41.5 Å². The number of aromatic nitrogens is 5. The first-order chi connectivity index (χ1) is 15.2. The smallest absolute Gasteiger partial charge is 0.237 e. The van der Waals surface area contributed by atoms with Crippen LogP contribution in [0.5, 0.6) is 0 Å². The molecular formula is C22H28N6O2S. The van der Waals surface area contributed by atoms with E-state index in [1.165, 1.54) is 17.3 Å². The van der Waals surface area contributed by atoms with Crippen molar-refractivity contribution in [2.45, 2.75) is 70.0 Å². The molecule has 0 bridgehead atoms. The number of amides is 1. The summed E-state index contributed by atoms with van der Waals surface area (Å²) in [7, 11) is 0. The molecular weight excluding hydrogens is 412 g/mol. The normalized spacial score (nSPS) is 14.8. The van der Waals surface area contributed by atoms with E-state index in [1.54, 1.807) is 0 Å². The second-order valence-corrected chi connectivity index (χ2v) is 8.56. The van der Waals surface area contributed by atoms with Gasteiger partial charge in [0.15, 0.2) is 11.0 Å². The molecule has 1 saturated heterocycles.